The maximum atomic E-state index is 11.9. The van der Waals surface area contributed by atoms with E-state index in [4.69, 9.17) is 14.4 Å². The van der Waals surface area contributed by atoms with E-state index in [1.54, 1.807) is 24.3 Å². The number of aliphatic hydroxyl groups excluding tert-OH is 1. The van der Waals surface area contributed by atoms with E-state index in [1.807, 2.05) is 0 Å². The first-order valence-electron chi connectivity index (χ1n) is 5.43. The average Bonchev–Trinajstić information content (AvgIpc) is 2.72. The van der Waals surface area contributed by atoms with E-state index in [2.05, 4.69) is 9.88 Å². The number of rotatable bonds is 1. The number of aliphatic hydroxyl groups is 2. The lowest BCUT2D eigenvalue weighted by atomic mass is 9.92. The molecule has 2 unspecified atom stereocenters. The van der Waals surface area contributed by atoms with Gasteiger partial charge in [-0.05, 0) is 12.1 Å². The Kier molecular flexibility index (Phi) is 2.32. The van der Waals surface area contributed by atoms with Crippen molar-refractivity contribution >= 4 is 12.8 Å². The molecule has 0 aliphatic carbocycles. The van der Waals surface area contributed by atoms with Gasteiger partial charge in [-0.3, -0.25) is 4.79 Å². The Morgan fingerprint density at radius 1 is 1.53 bits per heavy atom. The second-order valence-electron chi connectivity index (χ2n) is 4.08. The Bertz CT molecular complexity index is 468. The van der Waals surface area contributed by atoms with Crippen LogP contribution in [0, 0.1) is 0 Å². The molecule has 1 aromatic rings. The number of carbonyl (C=O) groups is 1. The van der Waals surface area contributed by atoms with Crippen LogP contribution in [0.3, 0.4) is 0 Å². The van der Waals surface area contributed by atoms with Crippen molar-refractivity contribution in [1.29, 1.82) is 0 Å². The highest BCUT2D eigenvalue weighted by atomic mass is 16.8. The molecule has 0 aromatic heterocycles. The quantitative estimate of drug-likeness (QED) is 0.493. The van der Waals surface area contributed by atoms with Crippen LogP contribution in [0.4, 0.5) is 0 Å². The van der Waals surface area contributed by atoms with Crippen molar-refractivity contribution in [3.63, 3.8) is 0 Å². The Balaban J connectivity index is 1.91. The lowest BCUT2D eigenvalue weighted by Gasteiger charge is -2.35. The van der Waals surface area contributed by atoms with E-state index in [-0.39, 0.29) is 25.2 Å². The van der Waals surface area contributed by atoms with Gasteiger partial charge in [0.25, 0.3) is 0 Å². The third kappa shape index (κ3) is 1.68. The van der Waals surface area contributed by atoms with Crippen molar-refractivity contribution in [2.75, 3.05) is 13.2 Å². The van der Waals surface area contributed by atoms with Crippen LogP contribution < -0.4 is 9.88 Å². The first-order chi connectivity index (χ1) is 8.22. The van der Waals surface area contributed by atoms with Gasteiger partial charge in [0.05, 0.1) is 17.9 Å². The topological polar surface area (TPSA) is 80.6 Å². The molecule has 3 rings (SSSR count). The summed E-state index contributed by atoms with van der Waals surface area (Å²) in [6, 6.07) is 6.91. The molecular formula is C10H12BNO5. The van der Waals surface area contributed by atoms with E-state index in [9.17, 15) is 4.79 Å². The fourth-order valence-corrected chi connectivity index (χ4v) is 2.05. The first-order valence-corrected chi connectivity index (χ1v) is 5.43. The SMILES string of the molecule is O=C1N[B-]2(OCC(CO)[OH+]2)Oc2ccccc21. The molecule has 0 bridgehead atoms. The summed E-state index contributed by atoms with van der Waals surface area (Å²) in [6.07, 6.45) is -0.347. The molecule has 6 nitrogen and oxygen atoms in total. The average molecular weight is 237 g/mol. The standard InChI is InChI=1S/C10H12BNO5/c13-5-7-6-15-11(16-7)12-10(14)8-3-1-2-4-9(8)17-11/h1-4,7,13,16H,5-6H2,(H,12,14). The van der Waals surface area contributed by atoms with Crippen LogP contribution >= 0.6 is 0 Å². The van der Waals surface area contributed by atoms with Crippen molar-refractivity contribution in [2.24, 2.45) is 0 Å². The molecular weight excluding hydrogens is 225 g/mol. The zero-order chi connectivity index (χ0) is 11.9. The summed E-state index contributed by atoms with van der Waals surface area (Å²) >= 11 is 0. The van der Waals surface area contributed by atoms with Crippen LogP contribution in [0.25, 0.3) is 0 Å². The minimum atomic E-state index is -2.18. The highest BCUT2D eigenvalue weighted by molar-refractivity contribution is 6.63. The number of hydrogen-bond acceptors (Lipinski definition) is 4. The Hall–Kier alpha value is -1.57. The van der Waals surface area contributed by atoms with Gasteiger partial charge in [-0.15, -0.1) is 0 Å². The van der Waals surface area contributed by atoms with Gasteiger partial charge in [-0.2, -0.15) is 0 Å². The summed E-state index contributed by atoms with van der Waals surface area (Å²) in [4.78, 5) is 11.9. The molecule has 1 aromatic carbocycles. The molecule has 0 saturated carbocycles. The normalized spacial score (nSPS) is 30.9. The van der Waals surface area contributed by atoms with Gasteiger partial charge in [-0.25, -0.2) is 0 Å². The van der Waals surface area contributed by atoms with Crippen molar-refractivity contribution in [1.82, 2.24) is 5.23 Å². The van der Waals surface area contributed by atoms with Gasteiger partial charge in [-0.1, -0.05) is 12.1 Å². The number of nitrogens with one attached hydrogen (secondary N) is 1. The van der Waals surface area contributed by atoms with Crippen LogP contribution in [-0.2, 0) is 4.65 Å². The molecule has 3 N–H and O–H groups in total. The van der Waals surface area contributed by atoms with Crippen molar-refractivity contribution < 1.29 is 23.9 Å². The van der Waals surface area contributed by atoms with Crippen LogP contribution in [0.15, 0.2) is 24.3 Å². The van der Waals surface area contributed by atoms with E-state index >= 15 is 0 Å². The molecule has 0 radical (unpaired) electrons. The number of carbonyl (C=O) groups excluding carboxylic acids is 1. The second-order valence-corrected chi connectivity index (χ2v) is 4.08. The van der Waals surface area contributed by atoms with Gasteiger partial charge in [0.2, 0.25) is 5.91 Å². The van der Waals surface area contributed by atoms with Crippen LogP contribution in [0.5, 0.6) is 5.75 Å². The summed E-state index contributed by atoms with van der Waals surface area (Å²) in [7, 11) is 0. The number of amides is 1. The van der Waals surface area contributed by atoms with Gasteiger partial charge >= 0.3 is 6.89 Å². The number of para-hydroxylation sites is 1. The maximum absolute atomic E-state index is 11.9. The predicted molar refractivity (Wildman–Crippen MR) is 59.3 cm³/mol. The maximum Gasteiger partial charge on any atom is 0.746 e. The van der Waals surface area contributed by atoms with E-state index in [1.165, 1.54) is 0 Å². The zero-order valence-corrected chi connectivity index (χ0v) is 9.00. The molecule has 7 heteroatoms. The number of benzene rings is 1. The smallest absolute Gasteiger partial charge is 0.600 e. The van der Waals surface area contributed by atoms with E-state index in [0.717, 1.165) is 0 Å². The molecule has 1 spiro atoms. The van der Waals surface area contributed by atoms with Gasteiger partial charge in [0.15, 0.2) is 6.10 Å². The third-order valence-corrected chi connectivity index (χ3v) is 2.86. The fraction of sp³-hybridized carbons (Fsp3) is 0.300. The summed E-state index contributed by atoms with van der Waals surface area (Å²) in [5, 5.41) is 11.6. The van der Waals surface area contributed by atoms with E-state index in [0.29, 0.717) is 11.3 Å². The zero-order valence-electron chi connectivity index (χ0n) is 9.00. The third-order valence-electron chi connectivity index (χ3n) is 2.86. The van der Waals surface area contributed by atoms with Gasteiger partial charge in [0, 0.05) is 0 Å². The molecule has 2 aliphatic heterocycles. The Labute approximate surface area is 97.5 Å². The molecule has 17 heavy (non-hydrogen) atoms. The molecule has 2 atom stereocenters. The van der Waals surface area contributed by atoms with Crippen LogP contribution in [0.1, 0.15) is 10.4 Å². The first kappa shape index (κ1) is 10.6. The minimum Gasteiger partial charge on any atom is -0.600 e. The summed E-state index contributed by atoms with van der Waals surface area (Å²) < 4.78 is 15.2. The number of fused-ring (bicyclic) bond motifs is 1. The molecule has 90 valence electrons. The minimum absolute atomic E-state index is 0.121. The van der Waals surface area contributed by atoms with Gasteiger partial charge in [0.1, 0.15) is 6.61 Å². The summed E-state index contributed by atoms with van der Waals surface area (Å²) in [5.41, 5.74) is 0.464. The summed E-state index contributed by atoms with van der Waals surface area (Å²) in [5.74, 6) is 0.188. The van der Waals surface area contributed by atoms with Crippen molar-refractivity contribution in [3.05, 3.63) is 29.8 Å². The summed E-state index contributed by atoms with van der Waals surface area (Å²) in [6.45, 7) is -2.06. The molecule has 1 amide bonds. The lowest BCUT2D eigenvalue weighted by Crippen LogP contribution is -2.65. The molecule has 1 fully saturated rings. The van der Waals surface area contributed by atoms with Crippen molar-refractivity contribution in [3.8, 4) is 5.75 Å². The molecule has 2 heterocycles. The second kappa shape index (κ2) is 3.73. The molecule has 2 aliphatic rings. The fourth-order valence-electron chi connectivity index (χ4n) is 2.05. The predicted octanol–water partition coefficient (Wildman–Crippen LogP) is -0.837. The monoisotopic (exact) mass is 237 g/mol. The van der Waals surface area contributed by atoms with Gasteiger partial charge < -0.3 is 24.3 Å². The number of hydrogen-bond donors (Lipinski definition) is 2. The molecule has 1 saturated heterocycles. The highest BCUT2D eigenvalue weighted by Gasteiger charge is 2.54. The van der Waals surface area contributed by atoms with Crippen molar-refractivity contribution in [2.45, 2.75) is 6.10 Å². The highest BCUT2D eigenvalue weighted by Crippen LogP contribution is 2.28. The Morgan fingerprint density at radius 3 is 3.12 bits per heavy atom. The van der Waals surface area contributed by atoms with Crippen LogP contribution in [0.2, 0.25) is 0 Å². The van der Waals surface area contributed by atoms with Crippen LogP contribution in [-0.4, -0.2) is 41.9 Å². The Morgan fingerprint density at radius 2 is 2.35 bits per heavy atom. The lowest BCUT2D eigenvalue weighted by molar-refractivity contribution is -0.00436. The van der Waals surface area contributed by atoms with E-state index < -0.39 is 6.89 Å². The largest absolute Gasteiger partial charge is 0.746 e.